The minimum absolute atomic E-state index is 0.669. The summed E-state index contributed by atoms with van der Waals surface area (Å²) in [5.41, 5.74) is -0.260. The average molecular weight is 159 g/mol. The SMILES string of the molecule is CC(C#N)(C=O)c1ccccc1. The van der Waals surface area contributed by atoms with Crippen molar-refractivity contribution >= 4 is 6.29 Å². The number of benzene rings is 1. The summed E-state index contributed by atoms with van der Waals surface area (Å²) in [6.45, 7) is 1.61. The maximum atomic E-state index is 10.6. The summed E-state index contributed by atoms with van der Waals surface area (Å²) in [4.78, 5) is 10.6. The van der Waals surface area contributed by atoms with Crippen molar-refractivity contribution in [2.24, 2.45) is 0 Å². The fourth-order valence-electron chi connectivity index (χ4n) is 0.943. The van der Waals surface area contributed by atoms with Gasteiger partial charge in [0.15, 0.2) is 0 Å². The molecule has 2 heteroatoms. The first-order chi connectivity index (χ1) is 5.73. The zero-order valence-electron chi connectivity index (χ0n) is 6.82. The molecule has 12 heavy (non-hydrogen) atoms. The highest BCUT2D eigenvalue weighted by molar-refractivity contribution is 5.72. The fourth-order valence-corrected chi connectivity index (χ4v) is 0.943. The Balaban J connectivity index is 3.14. The lowest BCUT2D eigenvalue weighted by Crippen LogP contribution is -2.20. The lowest BCUT2D eigenvalue weighted by Gasteiger charge is -2.12. The molecule has 0 saturated heterocycles. The van der Waals surface area contributed by atoms with Gasteiger partial charge in [-0.25, -0.2) is 0 Å². The number of hydrogen-bond donors (Lipinski definition) is 0. The lowest BCUT2D eigenvalue weighted by molar-refractivity contribution is -0.110. The van der Waals surface area contributed by atoms with E-state index < -0.39 is 5.41 Å². The van der Waals surface area contributed by atoms with Gasteiger partial charge < -0.3 is 4.79 Å². The van der Waals surface area contributed by atoms with Crippen molar-refractivity contribution in [3.05, 3.63) is 35.9 Å². The topological polar surface area (TPSA) is 40.9 Å². The summed E-state index contributed by atoms with van der Waals surface area (Å²) < 4.78 is 0. The molecule has 0 spiro atoms. The van der Waals surface area contributed by atoms with Crippen LogP contribution in [0.3, 0.4) is 0 Å². The molecule has 0 amide bonds. The lowest BCUT2D eigenvalue weighted by atomic mass is 9.86. The normalized spacial score (nSPS) is 14.3. The molecule has 0 saturated carbocycles. The van der Waals surface area contributed by atoms with Crippen LogP contribution in [-0.2, 0) is 10.2 Å². The predicted molar refractivity (Wildman–Crippen MR) is 45.5 cm³/mol. The van der Waals surface area contributed by atoms with Gasteiger partial charge in [-0.05, 0) is 12.5 Å². The minimum Gasteiger partial charge on any atom is -0.301 e. The Hall–Kier alpha value is -1.62. The second-order valence-corrected chi connectivity index (χ2v) is 2.80. The van der Waals surface area contributed by atoms with Crippen molar-refractivity contribution in [3.63, 3.8) is 0 Å². The number of carbonyl (C=O) groups excluding carboxylic acids is 1. The van der Waals surface area contributed by atoms with Crippen LogP contribution >= 0.6 is 0 Å². The molecule has 0 aliphatic rings. The number of carbonyl (C=O) groups is 1. The second-order valence-electron chi connectivity index (χ2n) is 2.80. The fraction of sp³-hybridized carbons (Fsp3) is 0.200. The van der Waals surface area contributed by atoms with Crippen LogP contribution in [0, 0.1) is 11.3 Å². The Morgan fingerprint density at radius 1 is 1.42 bits per heavy atom. The van der Waals surface area contributed by atoms with Crippen LogP contribution in [0.4, 0.5) is 0 Å². The summed E-state index contributed by atoms with van der Waals surface area (Å²) in [6.07, 6.45) is 0.669. The van der Waals surface area contributed by atoms with E-state index in [9.17, 15) is 4.79 Å². The average Bonchev–Trinajstić information content (AvgIpc) is 2.18. The zero-order valence-corrected chi connectivity index (χ0v) is 6.82. The third-order valence-corrected chi connectivity index (χ3v) is 1.84. The van der Waals surface area contributed by atoms with E-state index >= 15 is 0 Å². The van der Waals surface area contributed by atoms with E-state index in [0.29, 0.717) is 6.29 Å². The van der Waals surface area contributed by atoms with E-state index in [4.69, 9.17) is 5.26 Å². The molecule has 1 atom stereocenters. The molecule has 0 bridgehead atoms. The highest BCUT2D eigenvalue weighted by Gasteiger charge is 2.24. The minimum atomic E-state index is -0.999. The molecule has 0 fully saturated rings. The van der Waals surface area contributed by atoms with Crippen LogP contribution in [0.1, 0.15) is 12.5 Å². The number of nitriles is 1. The molecule has 1 aromatic rings. The molecule has 1 rings (SSSR count). The van der Waals surface area contributed by atoms with E-state index in [1.165, 1.54) is 0 Å². The van der Waals surface area contributed by atoms with Gasteiger partial charge in [-0.1, -0.05) is 30.3 Å². The van der Waals surface area contributed by atoms with E-state index in [2.05, 4.69) is 0 Å². The zero-order chi connectivity index (χ0) is 9.03. The summed E-state index contributed by atoms with van der Waals surface area (Å²) in [6, 6.07) is 11.0. The van der Waals surface area contributed by atoms with Crippen LogP contribution in [0.25, 0.3) is 0 Å². The van der Waals surface area contributed by atoms with Crippen molar-refractivity contribution in [2.45, 2.75) is 12.3 Å². The van der Waals surface area contributed by atoms with Crippen LogP contribution in [0.2, 0.25) is 0 Å². The summed E-state index contributed by atoms with van der Waals surface area (Å²) in [5.74, 6) is 0. The molecule has 0 heterocycles. The van der Waals surface area contributed by atoms with Crippen molar-refractivity contribution < 1.29 is 4.79 Å². The van der Waals surface area contributed by atoms with E-state index in [1.54, 1.807) is 19.1 Å². The molecule has 1 aromatic carbocycles. The summed E-state index contributed by atoms with van der Waals surface area (Å²) in [5, 5.41) is 8.76. The Labute approximate surface area is 71.4 Å². The van der Waals surface area contributed by atoms with Crippen LogP contribution < -0.4 is 0 Å². The molecule has 0 aromatic heterocycles. The predicted octanol–water partition coefficient (Wildman–Crippen LogP) is 1.67. The van der Waals surface area contributed by atoms with Crippen molar-refractivity contribution in [3.8, 4) is 6.07 Å². The molecule has 0 aliphatic heterocycles. The van der Waals surface area contributed by atoms with Gasteiger partial charge in [-0.2, -0.15) is 5.26 Å². The van der Waals surface area contributed by atoms with Crippen LogP contribution in [0.15, 0.2) is 30.3 Å². The Bertz CT molecular complexity index is 312. The van der Waals surface area contributed by atoms with Gasteiger partial charge in [0.2, 0.25) is 0 Å². The molecule has 1 unspecified atom stereocenters. The van der Waals surface area contributed by atoms with Gasteiger partial charge in [0.25, 0.3) is 0 Å². The highest BCUT2D eigenvalue weighted by atomic mass is 16.1. The maximum Gasteiger partial charge on any atom is 0.144 e. The molecule has 0 aliphatic carbocycles. The Morgan fingerprint density at radius 2 is 2.00 bits per heavy atom. The van der Waals surface area contributed by atoms with Gasteiger partial charge in [-0.3, -0.25) is 0 Å². The van der Waals surface area contributed by atoms with E-state index in [1.807, 2.05) is 24.3 Å². The van der Waals surface area contributed by atoms with Gasteiger partial charge in [0.1, 0.15) is 11.7 Å². The first-order valence-corrected chi connectivity index (χ1v) is 3.66. The number of rotatable bonds is 2. The highest BCUT2D eigenvalue weighted by Crippen LogP contribution is 2.19. The third kappa shape index (κ3) is 1.35. The van der Waals surface area contributed by atoms with Gasteiger partial charge >= 0.3 is 0 Å². The molecule has 2 nitrogen and oxygen atoms in total. The van der Waals surface area contributed by atoms with Crippen LogP contribution in [-0.4, -0.2) is 6.29 Å². The first-order valence-electron chi connectivity index (χ1n) is 3.66. The molecular formula is C10H9NO. The van der Waals surface area contributed by atoms with Crippen molar-refractivity contribution in [1.29, 1.82) is 5.26 Å². The summed E-state index contributed by atoms with van der Waals surface area (Å²) >= 11 is 0. The summed E-state index contributed by atoms with van der Waals surface area (Å²) in [7, 11) is 0. The number of nitrogens with zero attached hydrogens (tertiary/aromatic N) is 1. The largest absolute Gasteiger partial charge is 0.301 e. The van der Waals surface area contributed by atoms with Gasteiger partial charge in [-0.15, -0.1) is 0 Å². The van der Waals surface area contributed by atoms with E-state index in [-0.39, 0.29) is 0 Å². The number of hydrogen-bond acceptors (Lipinski definition) is 2. The monoisotopic (exact) mass is 159 g/mol. The van der Waals surface area contributed by atoms with Gasteiger partial charge in [0.05, 0.1) is 6.07 Å². The Kier molecular flexibility index (Phi) is 2.25. The quantitative estimate of drug-likeness (QED) is 0.616. The molecular weight excluding hydrogens is 150 g/mol. The smallest absolute Gasteiger partial charge is 0.144 e. The molecule has 60 valence electrons. The van der Waals surface area contributed by atoms with Crippen molar-refractivity contribution in [2.75, 3.05) is 0 Å². The van der Waals surface area contributed by atoms with Gasteiger partial charge in [0, 0.05) is 0 Å². The molecule has 0 N–H and O–H groups in total. The molecule has 0 radical (unpaired) electrons. The van der Waals surface area contributed by atoms with Crippen molar-refractivity contribution in [1.82, 2.24) is 0 Å². The Morgan fingerprint density at radius 3 is 2.42 bits per heavy atom. The third-order valence-electron chi connectivity index (χ3n) is 1.84. The second kappa shape index (κ2) is 3.19. The number of aldehydes is 1. The first kappa shape index (κ1) is 8.48. The maximum absolute atomic E-state index is 10.6. The van der Waals surface area contributed by atoms with E-state index in [0.717, 1.165) is 5.56 Å². The van der Waals surface area contributed by atoms with Crippen LogP contribution in [0.5, 0.6) is 0 Å². The standard InChI is InChI=1S/C10H9NO/c1-10(7-11,8-12)9-5-3-2-4-6-9/h2-6,8H,1H3.